The highest BCUT2D eigenvalue weighted by Crippen LogP contribution is 2.46. The van der Waals surface area contributed by atoms with Gasteiger partial charge in [0.2, 0.25) is 5.88 Å². The molecule has 0 unspecified atom stereocenters. The molecule has 0 amide bonds. The minimum Gasteiger partial charge on any atom is -0.462 e. The van der Waals surface area contributed by atoms with Gasteiger partial charge < -0.3 is 15.2 Å². The van der Waals surface area contributed by atoms with Crippen LogP contribution in [0.25, 0.3) is 10.8 Å². The predicted molar refractivity (Wildman–Crippen MR) is 101 cm³/mol. The lowest BCUT2D eigenvalue weighted by Gasteiger charge is -2.29. The average Bonchev–Trinajstić information content (AvgIpc) is 2.67. The van der Waals surface area contributed by atoms with Gasteiger partial charge in [-0.2, -0.15) is 0 Å². The van der Waals surface area contributed by atoms with Crippen molar-refractivity contribution in [1.82, 2.24) is 0 Å². The number of carbonyl (C=O) groups excluding carboxylic acids is 1. The smallest absolute Gasteiger partial charge is 0.340 e. The Bertz CT molecular complexity index is 1070. The van der Waals surface area contributed by atoms with Crippen molar-refractivity contribution in [2.24, 2.45) is 5.73 Å². The van der Waals surface area contributed by atoms with E-state index in [0.29, 0.717) is 16.9 Å². The van der Waals surface area contributed by atoms with Gasteiger partial charge in [0, 0.05) is 16.5 Å². The first-order valence-corrected chi connectivity index (χ1v) is 8.72. The molecular weight excluding hydrogens is 345 g/mol. The van der Waals surface area contributed by atoms with Gasteiger partial charge >= 0.3 is 5.97 Å². The van der Waals surface area contributed by atoms with Crippen LogP contribution in [0.15, 0.2) is 72.1 Å². The Balaban J connectivity index is 2.00. The van der Waals surface area contributed by atoms with Gasteiger partial charge in [-0.1, -0.05) is 54.6 Å². The van der Waals surface area contributed by atoms with Crippen LogP contribution in [0.3, 0.4) is 0 Å². The van der Waals surface area contributed by atoms with Gasteiger partial charge in [0.15, 0.2) is 0 Å². The molecule has 0 fully saturated rings. The molecule has 136 valence electrons. The maximum absolute atomic E-state index is 14.7. The number of hydrogen-bond acceptors (Lipinski definition) is 4. The highest BCUT2D eigenvalue weighted by molar-refractivity contribution is 5.96. The number of esters is 1. The van der Waals surface area contributed by atoms with Crippen LogP contribution in [0.1, 0.15) is 24.0 Å². The van der Waals surface area contributed by atoms with Crippen molar-refractivity contribution < 1.29 is 18.7 Å². The number of carbonyl (C=O) groups is 1. The minimum absolute atomic E-state index is 0.0643. The Kier molecular flexibility index (Phi) is 4.28. The first kappa shape index (κ1) is 17.1. The number of ether oxygens (including phenoxy) is 2. The van der Waals surface area contributed by atoms with Crippen molar-refractivity contribution in [3.8, 4) is 5.75 Å². The molecule has 0 spiro atoms. The summed E-state index contributed by atoms with van der Waals surface area (Å²) in [6.45, 7) is 1.89. The summed E-state index contributed by atoms with van der Waals surface area (Å²) in [5, 5.41) is 1.82. The topological polar surface area (TPSA) is 61.5 Å². The van der Waals surface area contributed by atoms with Crippen LogP contribution in [0.4, 0.5) is 4.39 Å². The van der Waals surface area contributed by atoms with E-state index in [1.807, 2.05) is 36.4 Å². The van der Waals surface area contributed by atoms with Crippen LogP contribution in [0, 0.1) is 5.82 Å². The van der Waals surface area contributed by atoms with Gasteiger partial charge in [0.25, 0.3) is 0 Å². The maximum atomic E-state index is 14.7. The summed E-state index contributed by atoms with van der Waals surface area (Å²) >= 11 is 0. The number of rotatable bonds is 3. The molecule has 0 aliphatic carbocycles. The number of benzene rings is 3. The number of halogens is 1. The molecule has 1 atom stereocenters. The van der Waals surface area contributed by atoms with E-state index in [9.17, 15) is 9.18 Å². The zero-order chi connectivity index (χ0) is 19.0. The molecule has 4 rings (SSSR count). The SMILES string of the molecule is CCOC(=O)C1=C(N)Oc2c(ccc3ccccc23)[C@H]1c1ccccc1F. The molecule has 1 aliphatic rings. The number of nitrogens with two attached hydrogens (primary N) is 1. The fourth-order valence-corrected chi connectivity index (χ4v) is 3.52. The number of fused-ring (bicyclic) bond motifs is 3. The summed E-state index contributed by atoms with van der Waals surface area (Å²) in [4.78, 5) is 12.6. The second-order valence-electron chi connectivity index (χ2n) is 6.26. The summed E-state index contributed by atoms with van der Waals surface area (Å²) in [5.41, 5.74) is 7.27. The largest absolute Gasteiger partial charge is 0.462 e. The van der Waals surface area contributed by atoms with E-state index < -0.39 is 17.7 Å². The second-order valence-corrected chi connectivity index (χ2v) is 6.26. The Morgan fingerprint density at radius 2 is 1.81 bits per heavy atom. The van der Waals surface area contributed by atoms with Gasteiger partial charge in [0.05, 0.1) is 12.5 Å². The van der Waals surface area contributed by atoms with Crippen molar-refractivity contribution in [3.63, 3.8) is 0 Å². The van der Waals surface area contributed by atoms with E-state index >= 15 is 0 Å². The molecule has 0 saturated heterocycles. The zero-order valence-electron chi connectivity index (χ0n) is 14.7. The van der Waals surface area contributed by atoms with E-state index in [1.54, 1.807) is 25.1 Å². The van der Waals surface area contributed by atoms with Crippen molar-refractivity contribution in [2.75, 3.05) is 6.61 Å². The zero-order valence-corrected chi connectivity index (χ0v) is 14.7. The molecule has 4 nitrogen and oxygen atoms in total. The van der Waals surface area contributed by atoms with Crippen LogP contribution < -0.4 is 10.5 Å². The molecule has 5 heteroatoms. The Morgan fingerprint density at radius 1 is 1.07 bits per heavy atom. The van der Waals surface area contributed by atoms with Gasteiger partial charge in [-0.05, 0) is 18.4 Å². The fraction of sp³-hybridized carbons (Fsp3) is 0.136. The van der Waals surface area contributed by atoms with Gasteiger partial charge in [-0.15, -0.1) is 0 Å². The Morgan fingerprint density at radius 3 is 2.59 bits per heavy atom. The highest BCUT2D eigenvalue weighted by Gasteiger charge is 2.37. The third-order valence-corrected chi connectivity index (χ3v) is 4.70. The van der Waals surface area contributed by atoms with E-state index in [-0.39, 0.29) is 18.1 Å². The van der Waals surface area contributed by atoms with Crippen molar-refractivity contribution in [3.05, 3.63) is 89.1 Å². The van der Waals surface area contributed by atoms with Crippen LogP contribution in [-0.4, -0.2) is 12.6 Å². The van der Waals surface area contributed by atoms with E-state index in [2.05, 4.69) is 0 Å². The third-order valence-electron chi connectivity index (χ3n) is 4.70. The lowest BCUT2D eigenvalue weighted by atomic mass is 9.81. The molecule has 0 aromatic heterocycles. The van der Waals surface area contributed by atoms with Crippen molar-refractivity contribution in [2.45, 2.75) is 12.8 Å². The minimum atomic E-state index is -0.710. The quantitative estimate of drug-likeness (QED) is 0.707. The first-order chi connectivity index (χ1) is 13.1. The summed E-state index contributed by atoms with van der Waals surface area (Å²) < 4.78 is 25.7. The summed E-state index contributed by atoms with van der Waals surface area (Å²) in [7, 11) is 0. The normalized spacial score (nSPS) is 16.0. The lowest BCUT2D eigenvalue weighted by molar-refractivity contribution is -0.139. The van der Waals surface area contributed by atoms with E-state index in [4.69, 9.17) is 15.2 Å². The van der Waals surface area contributed by atoms with Crippen LogP contribution in [-0.2, 0) is 9.53 Å². The summed E-state index contributed by atoms with van der Waals surface area (Å²) in [6.07, 6.45) is 0. The molecule has 0 bridgehead atoms. The van der Waals surface area contributed by atoms with Crippen LogP contribution in [0.5, 0.6) is 5.75 Å². The van der Waals surface area contributed by atoms with Gasteiger partial charge in [-0.25, -0.2) is 9.18 Å². The van der Waals surface area contributed by atoms with Crippen molar-refractivity contribution in [1.29, 1.82) is 0 Å². The second kappa shape index (κ2) is 6.76. The number of hydrogen-bond donors (Lipinski definition) is 1. The van der Waals surface area contributed by atoms with E-state index in [1.165, 1.54) is 6.07 Å². The standard InChI is InChI=1S/C22H18FNO3/c1-2-26-22(25)19-18(15-9-5-6-10-17(15)23)16-12-11-13-7-3-4-8-14(13)20(16)27-21(19)24/h3-12,18H,2,24H2,1H3/t18-/m1/s1. The Hall–Kier alpha value is -3.34. The predicted octanol–water partition coefficient (Wildman–Crippen LogP) is 4.24. The summed E-state index contributed by atoms with van der Waals surface area (Å²) in [5.74, 6) is -1.27. The van der Waals surface area contributed by atoms with E-state index in [0.717, 1.165) is 10.8 Å². The third kappa shape index (κ3) is 2.81. The molecule has 0 saturated carbocycles. The average molecular weight is 363 g/mol. The monoisotopic (exact) mass is 363 g/mol. The molecule has 0 radical (unpaired) electrons. The summed E-state index contributed by atoms with van der Waals surface area (Å²) in [6, 6.07) is 17.8. The molecule has 3 aromatic carbocycles. The van der Waals surface area contributed by atoms with Gasteiger partial charge in [0.1, 0.15) is 17.1 Å². The Labute approximate surface area is 156 Å². The molecule has 1 heterocycles. The molecular formula is C22H18FNO3. The maximum Gasteiger partial charge on any atom is 0.340 e. The lowest BCUT2D eigenvalue weighted by Crippen LogP contribution is -2.28. The van der Waals surface area contributed by atoms with Crippen LogP contribution in [0.2, 0.25) is 0 Å². The van der Waals surface area contributed by atoms with Crippen LogP contribution >= 0.6 is 0 Å². The molecule has 1 aliphatic heterocycles. The fourth-order valence-electron chi connectivity index (χ4n) is 3.52. The molecule has 27 heavy (non-hydrogen) atoms. The van der Waals surface area contributed by atoms with Crippen molar-refractivity contribution >= 4 is 16.7 Å². The molecule has 3 aromatic rings. The highest BCUT2D eigenvalue weighted by atomic mass is 19.1. The first-order valence-electron chi connectivity index (χ1n) is 8.72. The van der Waals surface area contributed by atoms with Gasteiger partial charge in [-0.3, -0.25) is 0 Å². The molecule has 2 N–H and O–H groups in total.